The molecule has 2 atom stereocenters. The number of rotatable bonds is 5. The fourth-order valence-corrected chi connectivity index (χ4v) is 7.73. The summed E-state index contributed by atoms with van der Waals surface area (Å²) in [7, 11) is 3.99. The van der Waals surface area contributed by atoms with Crippen molar-refractivity contribution in [3.05, 3.63) is 35.8 Å². The molecule has 2 aliphatic carbocycles. The number of hydrogen-bond donors (Lipinski definition) is 2. The van der Waals surface area contributed by atoms with Gasteiger partial charge in [-0.2, -0.15) is 4.98 Å². The Labute approximate surface area is 240 Å². The lowest BCUT2D eigenvalue weighted by atomic mass is 9.82. The van der Waals surface area contributed by atoms with Crippen LogP contribution in [-0.2, 0) is 4.79 Å². The van der Waals surface area contributed by atoms with Crippen molar-refractivity contribution in [3.63, 3.8) is 0 Å². The first-order chi connectivity index (χ1) is 19.8. The second kappa shape index (κ2) is 10.2. The molecule has 1 spiro atoms. The minimum atomic E-state index is -0.534. The van der Waals surface area contributed by atoms with Crippen LogP contribution in [0.1, 0.15) is 81.0 Å². The number of carbonyl (C=O) groups excluding carboxylic acids is 2. The van der Waals surface area contributed by atoms with Crippen molar-refractivity contribution in [1.29, 1.82) is 0 Å². The molecule has 2 unspecified atom stereocenters. The summed E-state index contributed by atoms with van der Waals surface area (Å²) >= 11 is 0. The number of carbonyl (C=O) groups is 2. The Morgan fingerprint density at radius 3 is 2.41 bits per heavy atom. The van der Waals surface area contributed by atoms with Crippen molar-refractivity contribution in [2.75, 3.05) is 35.8 Å². The number of aromatic nitrogens is 2. The van der Waals surface area contributed by atoms with Gasteiger partial charge in [0.2, 0.25) is 11.9 Å². The monoisotopic (exact) mass is 561 g/mol. The Balaban J connectivity index is 1.09. The number of piperidine rings is 2. The number of hydrogen-bond acceptors (Lipinski definition) is 7. The van der Waals surface area contributed by atoms with E-state index in [4.69, 9.17) is 4.98 Å². The van der Waals surface area contributed by atoms with Gasteiger partial charge in [0.25, 0.3) is 5.91 Å². The van der Waals surface area contributed by atoms with E-state index in [1.807, 2.05) is 0 Å². The first kappa shape index (κ1) is 26.6. The topological polar surface area (TPSA) is 93.7 Å². The van der Waals surface area contributed by atoms with Crippen LogP contribution in [0.25, 0.3) is 0 Å². The van der Waals surface area contributed by atoms with Crippen LogP contribution in [0.3, 0.4) is 0 Å². The van der Waals surface area contributed by atoms with Gasteiger partial charge in [-0.15, -0.1) is 0 Å². The highest BCUT2D eigenvalue weighted by Crippen LogP contribution is 2.52. The molecule has 41 heavy (non-hydrogen) atoms. The molecular weight excluding hydrogens is 521 g/mol. The highest BCUT2D eigenvalue weighted by atomic mass is 19.1. The normalized spacial score (nSPS) is 27.5. The van der Waals surface area contributed by atoms with E-state index >= 15 is 4.39 Å². The van der Waals surface area contributed by atoms with Gasteiger partial charge in [-0.25, -0.2) is 9.37 Å². The zero-order valence-corrected chi connectivity index (χ0v) is 24.0. The summed E-state index contributed by atoms with van der Waals surface area (Å²) in [5.41, 5.74) is 0.879. The maximum atomic E-state index is 15.3. The van der Waals surface area contributed by atoms with E-state index in [2.05, 4.69) is 32.5 Å². The van der Waals surface area contributed by atoms with Gasteiger partial charge in [-0.1, -0.05) is 19.3 Å². The van der Waals surface area contributed by atoms with Crippen LogP contribution in [0.2, 0.25) is 0 Å². The third-order valence-electron chi connectivity index (χ3n) is 10.4. The molecule has 218 valence electrons. The quantitative estimate of drug-likeness (QED) is 0.551. The molecule has 4 fully saturated rings. The molecule has 3 aliphatic heterocycles. The predicted octanol–water partition coefficient (Wildman–Crippen LogP) is 4.61. The first-order valence-electron chi connectivity index (χ1n) is 15.3. The van der Waals surface area contributed by atoms with Crippen LogP contribution in [0.4, 0.5) is 27.5 Å². The number of nitrogens with one attached hydrogen (secondary N) is 2. The number of anilines is 4. The van der Waals surface area contributed by atoms with Crippen LogP contribution >= 0.6 is 0 Å². The zero-order chi connectivity index (χ0) is 28.3. The third kappa shape index (κ3) is 4.83. The van der Waals surface area contributed by atoms with Crippen LogP contribution in [-0.4, -0.2) is 71.5 Å². The highest BCUT2D eigenvalue weighted by molar-refractivity contribution is 6.02. The number of nitrogens with zero attached hydrogens (tertiary/aromatic N) is 5. The van der Waals surface area contributed by atoms with E-state index in [0.717, 1.165) is 44.3 Å². The minimum Gasteiger partial charge on any atom is -0.351 e. The van der Waals surface area contributed by atoms with E-state index in [0.29, 0.717) is 35.9 Å². The van der Waals surface area contributed by atoms with E-state index < -0.39 is 5.82 Å². The Bertz CT molecular complexity index is 1340. The van der Waals surface area contributed by atoms with E-state index in [1.165, 1.54) is 38.2 Å². The fraction of sp³-hybridized carbons (Fsp3) is 0.613. The van der Waals surface area contributed by atoms with Crippen molar-refractivity contribution < 1.29 is 14.0 Å². The Kier molecular flexibility index (Phi) is 6.64. The van der Waals surface area contributed by atoms with Gasteiger partial charge in [0, 0.05) is 43.3 Å². The molecule has 2 aromatic rings. The van der Waals surface area contributed by atoms with Gasteiger partial charge in [0.1, 0.15) is 11.5 Å². The van der Waals surface area contributed by atoms with Gasteiger partial charge in [0.05, 0.1) is 17.3 Å². The molecule has 9 nitrogen and oxygen atoms in total. The zero-order valence-electron chi connectivity index (χ0n) is 24.0. The van der Waals surface area contributed by atoms with Crippen LogP contribution < -0.4 is 20.4 Å². The molecule has 10 heteroatoms. The van der Waals surface area contributed by atoms with Gasteiger partial charge in [0.15, 0.2) is 5.82 Å². The average molecular weight is 562 g/mol. The summed E-state index contributed by atoms with van der Waals surface area (Å²) in [6, 6.07) is 5.98. The lowest BCUT2D eigenvalue weighted by Gasteiger charge is -2.47. The molecule has 2 N–H and O–H groups in total. The van der Waals surface area contributed by atoms with Crippen molar-refractivity contribution in [3.8, 4) is 0 Å². The maximum absolute atomic E-state index is 15.3. The largest absolute Gasteiger partial charge is 0.351 e. The molecule has 2 saturated heterocycles. The molecule has 2 bridgehead atoms. The summed E-state index contributed by atoms with van der Waals surface area (Å²) in [6.45, 7) is 0.668. The van der Waals surface area contributed by atoms with E-state index in [1.54, 1.807) is 30.3 Å². The number of amides is 2. The SMILES string of the molecule is CN1C(=O)C2(CC2)CN(C2CCCC2)c2nc(Nc3ccc(C(=O)NC4CC5CCCC(C4)N5C)cc3F)ncc21. The van der Waals surface area contributed by atoms with Crippen molar-refractivity contribution in [2.24, 2.45) is 5.41 Å². The summed E-state index contributed by atoms with van der Waals surface area (Å²) in [6.07, 6.45) is 13.5. The minimum absolute atomic E-state index is 0.116. The van der Waals surface area contributed by atoms with Crippen molar-refractivity contribution in [2.45, 2.75) is 94.8 Å². The van der Waals surface area contributed by atoms with Crippen molar-refractivity contribution in [1.82, 2.24) is 20.2 Å². The van der Waals surface area contributed by atoms with Gasteiger partial charge in [-0.3, -0.25) is 9.59 Å². The Morgan fingerprint density at radius 2 is 1.73 bits per heavy atom. The molecule has 1 aromatic heterocycles. The first-order valence-corrected chi connectivity index (χ1v) is 15.3. The lowest BCUT2D eigenvalue weighted by Crippen LogP contribution is -2.55. The smallest absolute Gasteiger partial charge is 0.251 e. The maximum Gasteiger partial charge on any atom is 0.251 e. The standard InChI is InChI=1S/C31H40FN7O2/c1-37-22-8-5-9-23(37)16-20(15-22)34-28(40)19-10-11-25(24(32)14-19)35-30-33-17-26-27(36-30)39(21-6-3-4-7-21)18-31(12-13-31)29(41)38(26)2/h10-11,14,17,20-23H,3-9,12-13,15-16,18H2,1-2H3,(H,34,40)(H,33,35,36). The molecule has 1 aromatic carbocycles. The van der Waals surface area contributed by atoms with Crippen LogP contribution in [0.5, 0.6) is 0 Å². The third-order valence-corrected chi connectivity index (χ3v) is 10.4. The Morgan fingerprint density at radius 1 is 1.02 bits per heavy atom. The molecule has 5 aliphatic rings. The lowest BCUT2D eigenvalue weighted by molar-refractivity contribution is -0.122. The molecule has 4 heterocycles. The number of halogens is 1. The average Bonchev–Trinajstić information content (AvgIpc) is 3.56. The molecule has 2 amide bonds. The predicted molar refractivity (Wildman–Crippen MR) is 156 cm³/mol. The summed E-state index contributed by atoms with van der Waals surface area (Å²) in [4.78, 5) is 42.1. The van der Waals surface area contributed by atoms with Gasteiger partial charge < -0.3 is 25.3 Å². The molecular formula is C31H40FN7O2. The van der Waals surface area contributed by atoms with Crippen LogP contribution in [0, 0.1) is 11.2 Å². The van der Waals surface area contributed by atoms with Gasteiger partial charge in [-0.05, 0) is 76.6 Å². The van der Waals surface area contributed by atoms with Gasteiger partial charge >= 0.3 is 0 Å². The van der Waals surface area contributed by atoms with Crippen LogP contribution in [0.15, 0.2) is 24.4 Å². The summed E-state index contributed by atoms with van der Waals surface area (Å²) < 4.78 is 15.3. The second-order valence-electron chi connectivity index (χ2n) is 13.0. The summed E-state index contributed by atoms with van der Waals surface area (Å²) in [5, 5.41) is 6.19. The molecule has 7 rings (SSSR count). The Hall–Kier alpha value is -3.27. The molecule has 2 saturated carbocycles. The molecule has 0 radical (unpaired) electrons. The number of fused-ring (bicyclic) bond motifs is 3. The fourth-order valence-electron chi connectivity index (χ4n) is 7.73. The summed E-state index contributed by atoms with van der Waals surface area (Å²) in [5.74, 6) is 0.361. The highest BCUT2D eigenvalue weighted by Gasteiger charge is 2.55. The van der Waals surface area contributed by atoms with E-state index in [9.17, 15) is 9.59 Å². The number of benzene rings is 1. The second-order valence-corrected chi connectivity index (χ2v) is 13.0. The van der Waals surface area contributed by atoms with Crippen molar-refractivity contribution >= 4 is 35.0 Å². The van der Waals surface area contributed by atoms with E-state index in [-0.39, 0.29) is 34.9 Å².